The van der Waals surface area contributed by atoms with E-state index in [0.29, 0.717) is 6.54 Å². The number of nitrogens with one attached hydrogen (secondary N) is 1. The minimum Gasteiger partial charge on any atom is -0.353 e. The molecule has 0 amide bonds. The first kappa shape index (κ1) is 13.2. The summed E-state index contributed by atoms with van der Waals surface area (Å²) in [4.78, 5) is 9.32. The van der Waals surface area contributed by atoms with E-state index in [2.05, 4.69) is 15.4 Å². The van der Waals surface area contributed by atoms with E-state index >= 15 is 0 Å². The summed E-state index contributed by atoms with van der Waals surface area (Å²) in [6, 6.07) is 4.38. The van der Waals surface area contributed by atoms with Gasteiger partial charge in [-0.3, -0.25) is 4.98 Å². The van der Waals surface area contributed by atoms with Crippen molar-refractivity contribution in [3.05, 3.63) is 47.8 Å². The van der Waals surface area contributed by atoms with Gasteiger partial charge in [-0.15, -0.1) is 0 Å². The Morgan fingerprint density at radius 3 is 2.79 bits per heavy atom. The van der Waals surface area contributed by atoms with E-state index in [0.717, 1.165) is 11.6 Å². The Morgan fingerprint density at radius 2 is 2.16 bits per heavy atom. The van der Waals surface area contributed by atoms with E-state index in [9.17, 15) is 8.78 Å². The second-order valence-electron chi connectivity index (χ2n) is 3.99. The van der Waals surface area contributed by atoms with Gasteiger partial charge in [-0.05, 0) is 11.6 Å². The third kappa shape index (κ3) is 2.94. The number of hydrogen-bond acceptors (Lipinski definition) is 5. The normalized spacial score (nSPS) is 10.3. The molecule has 0 aliphatic carbocycles. The Kier molecular flexibility index (Phi) is 3.86. The topological polar surface area (TPSA) is 67.1 Å². The molecule has 2 aromatic heterocycles. The molecule has 0 bridgehead atoms. The smallest absolute Gasteiger partial charge is 0.178 e. The van der Waals surface area contributed by atoms with E-state index in [4.69, 9.17) is 5.84 Å². The number of nitrogens with two attached hydrogens (primary N) is 1. The van der Waals surface area contributed by atoms with Crippen molar-refractivity contribution < 1.29 is 8.78 Å². The fourth-order valence-electron chi connectivity index (χ4n) is 1.67. The lowest BCUT2D eigenvalue weighted by atomic mass is 10.2. The van der Waals surface area contributed by atoms with Gasteiger partial charge >= 0.3 is 0 Å². The number of rotatable bonds is 4. The van der Waals surface area contributed by atoms with Crippen molar-refractivity contribution in [1.29, 1.82) is 0 Å². The van der Waals surface area contributed by atoms with Crippen LogP contribution >= 0.6 is 0 Å². The summed E-state index contributed by atoms with van der Waals surface area (Å²) in [6.07, 6.45) is 3.32. The van der Waals surface area contributed by atoms with E-state index in [1.165, 1.54) is 0 Å². The molecule has 5 nitrogen and oxygen atoms in total. The summed E-state index contributed by atoms with van der Waals surface area (Å²) in [6.45, 7) is 0.396. The fourth-order valence-corrected chi connectivity index (χ4v) is 1.67. The summed E-state index contributed by atoms with van der Waals surface area (Å²) in [5.41, 5.74) is 2.98. The van der Waals surface area contributed by atoms with E-state index in [-0.39, 0.29) is 11.6 Å². The molecular formula is C12H13F2N5. The highest BCUT2D eigenvalue weighted by Crippen LogP contribution is 2.22. The Labute approximate surface area is 109 Å². The zero-order chi connectivity index (χ0) is 13.8. The molecule has 0 atom stereocenters. The van der Waals surface area contributed by atoms with Gasteiger partial charge in [-0.25, -0.2) is 19.6 Å². The van der Waals surface area contributed by atoms with Gasteiger partial charge in [0.25, 0.3) is 0 Å². The summed E-state index contributed by atoms with van der Waals surface area (Å²) >= 11 is 0. The monoisotopic (exact) mass is 265 g/mol. The zero-order valence-electron chi connectivity index (χ0n) is 10.3. The molecule has 2 heterocycles. The first-order valence-corrected chi connectivity index (χ1v) is 5.54. The Hall–Kier alpha value is -2.28. The van der Waals surface area contributed by atoms with Crippen LogP contribution in [-0.4, -0.2) is 17.0 Å². The standard InChI is InChI=1S/C12H13F2N5/c1-19(7-8-3-2-4-16-6-8)12-10(14)5-9(13)11(17-12)18-15/h2-6H,7,15H2,1H3,(H,17,18). The maximum Gasteiger partial charge on any atom is 0.178 e. The highest BCUT2D eigenvalue weighted by Gasteiger charge is 2.14. The number of nitrogen functional groups attached to an aromatic ring is 1. The number of hydrogen-bond donors (Lipinski definition) is 2. The molecule has 0 aliphatic rings. The maximum absolute atomic E-state index is 13.7. The quantitative estimate of drug-likeness (QED) is 0.650. The fraction of sp³-hybridized carbons (Fsp3) is 0.167. The number of hydrazine groups is 1. The van der Waals surface area contributed by atoms with Crippen LogP contribution in [0.3, 0.4) is 0 Å². The van der Waals surface area contributed by atoms with E-state index in [1.54, 1.807) is 30.4 Å². The number of anilines is 2. The molecule has 0 aliphatic heterocycles. The number of halogens is 2. The highest BCUT2D eigenvalue weighted by atomic mass is 19.1. The lowest BCUT2D eigenvalue weighted by Crippen LogP contribution is -2.21. The maximum atomic E-state index is 13.7. The molecule has 2 rings (SSSR count). The van der Waals surface area contributed by atoms with Crippen molar-refractivity contribution in [2.75, 3.05) is 17.4 Å². The van der Waals surface area contributed by atoms with Gasteiger partial charge in [0.1, 0.15) is 0 Å². The molecule has 7 heteroatoms. The van der Waals surface area contributed by atoms with Crippen LogP contribution in [0.5, 0.6) is 0 Å². The molecule has 0 radical (unpaired) electrons. The van der Waals surface area contributed by atoms with Crippen molar-refractivity contribution in [1.82, 2.24) is 9.97 Å². The molecular weight excluding hydrogens is 252 g/mol. The third-order valence-electron chi connectivity index (χ3n) is 2.55. The Balaban J connectivity index is 2.26. The van der Waals surface area contributed by atoms with Gasteiger partial charge in [0, 0.05) is 32.1 Å². The summed E-state index contributed by atoms with van der Waals surface area (Å²) in [5, 5.41) is 0. The Bertz CT molecular complexity index is 562. The summed E-state index contributed by atoms with van der Waals surface area (Å²) < 4.78 is 26.9. The highest BCUT2D eigenvalue weighted by molar-refractivity contribution is 5.48. The van der Waals surface area contributed by atoms with Crippen molar-refractivity contribution in [3.8, 4) is 0 Å². The van der Waals surface area contributed by atoms with Crippen molar-refractivity contribution in [3.63, 3.8) is 0 Å². The molecule has 3 N–H and O–H groups in total. The lowest BCUT2D eigenvalue weighted by Gasteiger charge is -2.19. The molecule has 0 unspecified atom stereocenters. The molecule has 0 saturated carbocycles. The third-order valence-corrected chi connectivity index (χ3v) is 2.55. The number of nitrogens with zero attached hydrogens (tertiary/aromatic N) is 3. The Morgan fingerprint density at radius 1 is 1.37 bits per heavy atom. The SMILES string of the molecule is CN(Cc1cccnc1)c1nc(NN)c(F)cc1F. The van der Waals surface area contributed by atoms with Gasteiger partial charge in [0.05, 0.1) is 0 Å². The van der Waals surface area contributed by atoms with Gasteiger partial charge in [0.2, 0.25) is 0 Å². The summed E-state index contributed by atoms with van der Waals surface area (Å²) in [7, 11) is 1.65. The zero-order valence-corrected chi connectivity index (χ0v) is 10.3. The van der Waals surface area contributed by atoms with Crippen molar-refractivity contribution in [2.24, 2.45) is 5.84 Å². The van der Waals surface area contributed by atoms with Crippen LogP contribution in [0.2, 0.25) is 0 Å². The molecule has 2 aromatic rings. The molecule has 100 valence electrons. The lowest BCUT2D eigenvalue weighted by molar-refractivity contribution is 0.572. The van der Waals surface area contributed by atoms with Gasteiger partial charge in [0.15, 0.2) is 23.3 Å². The number of pyridine rings is 2. The van der Waals surface area contributed by atoms with Crippen molar-refractivity contribution in [2.45, 2.75) is 6.54 Å². The van der Waals surface area contributed by atoms with Gasteiger partial charge < -0.3 is 10.3 Å². The van der Waals surface area contributed by atoms with Gasteiger partial charge in [-0.1, -0.05) is 6.07 Å². The number of aromatic nitrogens is 2. The molecule has 0 aromatic carbocycles. The minimum atomic E-state index is -0.835. The molecule has 19 heavy (non-hydrogen) atoms. The largest absolute Gasteiger partial charge is 0.353 e. The first-order valence-electron chi connectivity index (χ1n) is 5.54. The predicted octanol–water partition coefficient (Wildman–Crippen LogP) is 1.68. The van der Waals surface area contributed by atoms with Crippen LogP contribution in [0.1, 0.15) is 5.56 Å². The van der Waals surface area contributed by atoms with E-state index < -0.39 is 11.6 Å². The van der Waals surface area contributed by atoms with Crippen LogP contribution in [0.4, 0.5) is 20.4 Å². The molecule has 0 saturated heterocycles. The second-order valence-corrected chi connectivity index (χ2v) is 3.99. The van der Waals surface area contributed by atoms with E-state index in [1.807, 2.05) is 6.07 Å². The van der Waals surface area contributed by atoms with Crippen LogP contribution < -0.4 is 16.2 Å². The minimum absolute atomic E-state index is 0.0122. The summed E-state index contributed by atoms with van der Waals surface area (Å²) in [5.74, 6) is 3.35. The van der Waals surface area contributed by atoms with Crippen LogP contribution in [0.15, 0.2) is 30.6 Å². The average molecular weight is 265 g/mol. The average Bonchev–Trinajstić information content (AvgIpc) is 2.40. The van der Waals surface area contributed by atoms with Crippen LogP contribution in [0.25, 0.3) is 0 Å². The second kappa shape index (κ2) is 5.57. The first-order chi connectivity index (χ1) is 9.11. The molecule has 0 fully saturated rings. The predicted molar refractivity (Wildman–Crippen MR) is 68.3 cm³/mol. The van der Waals surface area contributed by atoms with Crippen LogP contribution in [-0.2, 0) is 6.54 Å². The van der Waals surface area contributed by atoms with Gasteiger partial charge in [-0.2, -0.15) is 0 Å². The van der Waals surface area contributed by atoms with Crippen molar-refractivity contribution >= 4 is 11.6 Å². The molecule has 0 spiro atoms. The van der Waals surface area contributed by atoms with Crippen LogP contribution in [0, 0.1) is 11.6 Å².